The molecule has 10 nitrogen and oxygen atoms in total. The number of amidine groups is 1. The van der Waals surface area contributed by atoms with Gasteiger partial charge in [-0.1, -0.05) is 24.3 Å². The summed E-state index contributed by atoms with van der Waals surface area (Å²) >= 11 is 1.38. The van der Waals surface area contributed by atoms with Gasteiger partial charge in [-0.2, -0.15) is 0 Å². The number of likely N-dealkylation sites (tertiary alicyclic amines) is 1. The number of ether oxygens (including phenoxy) is 2. The zero-order valence-electron chi connectivity index (χ0n) is 22.3. The molecule has 3 aromatic rings. The summed E-state index contributed by atoms with van der Waals surface area (Å²) in [7, 11) is 0. The van der Waals surface area contributed by atoms with Crippen LogP contribution >= 0.6 is 11.3 Å². The first-order valence-electron chi connectivity index (χ1n) is 13.1. The van der Waals surface area contributed by atoms with Gasteiger partial charge in [0.15, 0.2) is 5.79 Å². The standard InChI is InChI=1S/C29H30FN5O5S/c1-17(24-12-21(15-41-24)26(31)32)34-28(38)23-13-29(39-9-10-40-29)16-35(23)25(36)14-33-27(37)20-4-2-3-19(11-20)18-5-7-22(30)8-6-18/h2-8,11-12,15,17,23H,9-10,13-14,16H2,1H3,(H3,31,32)(H,33,37)(H,34,38)/t17?,23-/m0/s1. The van der Waals surface area contributed by atoms with Crippen molar-refractivity contribution >= 4 is 34.9 Å². The van der Waals surface area contributed by atoms with E-state index in [-0.39, 0.29) is 43.1 Å². The van der Waals surface area contributed by atoms with Gasteiger partial charge in [0, 0.05) is 27.8 Å². The maximum absolute atomic E-state index is 13.4. The molecule has 41 heavy (non-hydrogen) atoms. The fourth-order valence-corrected chi connectivity index (χ4v) is 5.90. The number of hydrogen-bond acceptors (Lipinski definition) is 7. The van der Waals surface area contributed by atoms with Gasteiger partial charge in [0.25, 0.3) is 5.91 Å². The van der Waals surface area contributed by atoms with Crippen LogP contribution in [0.3, 0.4) is 0 Å². The minimum atomic E-state index is -1.07. The average Bonchev–Trinajstić information content (AvgIpc) is 3.73. The van der Waals surface area contributed by atoms with Crippen molar-refractivity contribution in [3.63, 3.8) is 0 Å². The van der Waals surface area contributed by atoms with E-state index in [0.717, 1.165) is 16.0 Å². The highest BCUT2D eigenvalue weighted by atomic mass is 32.1. The van der Waals surface area contributed by atoms with Gasteiger partial charge in [-0.3, -0.25) is 19.8 Å². The third kappa shape index (κ3) is 6.29. The summed E-state index contributed by atoms with van der Waals surface area (Å²) < 4.78 is 24.9. The van der Waals surface area contributed by atoms with E-state index >= 15 is 0 Å². The lowest BCUT2D eigenvalue weighted by atomic mass is 10.0. The summed E-state index contributed by atoms with van der Waals surface area (Å²) in [5, 5.41) is 14.9. The summed E-state index contributed by atoms with van der Waals surface area (Å²) in [6.07, 6.45) is 0.161. The number of amides is 3. The van der Waals surface area contributed by atoms with Crippen LogP contribution in [0.4, 0.5) is 4.39 Å². The fraction of sp³-hybridized carbons (Fsp3) is 0.310. The molecule has 2 atom stereocenters. The number of carbonyl (C=O) groups excluding carboxylic acids is 3. The molecule has 2 aliphatic heterocycles. The summed E-state index contributed by atoms with van der Waals surface area (Å²) in [6, 6.07) is 13.2. The summed E-state index contributed by atoms with van der Waals surface area (Å²) in [6.45, 7) is 2.25. The van der Waals surface area contributed by atoms with Gasteiger partial charge in [0.05, 0.1) is 32.3 Å². The average molecular weight is 580 g/mol. The molecule has 1 spiro atoms. The summed E-state index contributed by atoms with van der Waals surface area (Å²) in [4.78, 5) is 41.9. The van der Waals surface area contributed by atoms with E-state index in [0.29, 0.717) is 24.3 Å². The van der Waals surface area contributed by atoms with E-state index in [1.807, 2.05) is 13.0 Å². The highest BCUT2D eigenvalue weighted by Crippen LogP contribution is 2.35. The summed E-state index contributed by atoms with van der Waals surface area (Å²) in [5.74, 6) is -2.77. The number of nitrogens with zero attached hydrogens (tertiary/aromatic N) is 1. The second-order valence-electron chi connectivity index (χ2n) is 10.0. The van der Waals surface area contributed by atoms with E-state index in [1.165, 1.54) is 28.4 Å². The van der Waals surface area contributed by atoms with E-state index in [1.54, 1.807) is 41.8 Å². The van der Waals surface area contributed by atoms with Crippen molar-refractivity contribution in [1.29, 1.82) is 5.41 Å². The molecule has 2 fully saturated rings. The van der Waals surface area contributed by atoms with E-state index in [9.17, 15) is 18.8 Å². The molecule has 5 rings (SSSR count). The number of thiophene rings is 1. The quantitative estimate of drug-likeness (QED) is 0.238. The van der Waals surface area contributed by atoms with Crippen LogP contribution in [0.2, 0.25) is 0 Å². The molecule has 214 valence electrons. The van der Waals surface area contributed by atoms with E-state index in [4.69, 9.17) is 20.6 Å². The molecule has 0 radical (unpaired) electrons. The van der Waals surface area contributed by atoms with Crippen molar-refractivity contribution in [2.75, 3.05) is 26.3 Å². The number of rotatable bonds is 8. The zero-order chi connectivity index (χ0) is 29.1. The monoisotopic (exact) mass is 579 g/mol. The second-order valence-corrected chi connectivity index (χ2v) is 10.9. The van der Waals surface area contributed by atoms with Crippen LogP contribution in [0.15, 0.2) is 60.0 Å². The molecule has 0 bridgehead atoms. The van der Waals surface area contributed by atoms with Crippen LogP contribution in [0, 0.1) is 11.2 Å². The highest BCUT2D eigenvalue weighted by Gasteiger charge is 2.52. The Morgan fingerprint density at radius 1 is 1.12 bits per heavy atom. The van der Waals surface area contributed by atoms with Crippen molar-refractivity contribution in [3.8, 4) is 11.1 Å². The largest absolute Gasteiger partial charge is 0.384 e. The van der Waals surface area contributed by atoms with Crippen LogP contribution in [0.1, 0.15) is 40.2 Å². The van der Waals surface area contributed by atoms with Crippen molar-refractivity contribution in [3.05, 3.63) is 81.8 Å². The van der Waals surface area contributed by atoms with Crippen molar-refractivity contribution in [2.45, 2.75) is 31.2 Å². The first kappa shape index (κ1) is 28.4. The molecule has 0 saturated carbocycles. The lowest BCUT2D eigenvalue weighted by Crippen LogP contribution is -2.49. The van der Waals surface area contributed by atoms with Gasteiger partial charge < -0.3 is 30.7 Å². The normalized spacial score (nSPS) is 18.3. The Morgan fingerprint density at radius 2 is 1.85 bits per heavy atom. The predicted molar refractivity (Wildman–Crippen MR) is 151 cm³/mol. The molecule has 5 N–H and O–H groups in total. The molecular weight excluding hydrogens is 549 g/mol. The second kappa shape index (κ2) is 11.8. The number of halogens is 1. The first-order valence-corrected chi connectivity index (χ1v) is 14.0. The molecule has 1 aromatic heterocycles. The van der Waals surface area contributed by atoms with E-state index in [2.05, 4.69) is 10.6 Å². The number of nitrogens with two attached hydrogens (primary N) is 1. The Bertz CT molecular complexity index is 1470. The Balaban J connectivity index is 1.25. The molecule has 12 heteroatoms. The molecule has 3 amide bonds. The Morgan fingerprint density at radius 3 is 2.54 bits per heavy atom. The summed E-state index contributed by atoms with van der Waals surface area (Å²) in [5.41, 5.74) is 7.95. The number of nitrogen functional groups attached to an aromatic ring is 1. The van der Waals surface area contributed by atoms with Crippen LogP contribution in [-0.2, 0) is 19.1 Å². The van der Waals surface area contributed by atoms with Crippen LogP contribution < -0.4 is 16.4 Å². The maximum atomic E-state index is 13.4. The van der Waals surface area contributed by atoms with Gasteiger partial charge in [-0.15, -0.1) is 11.3 Å². The highest BCUT2D eigenvalue weighted by molar-refractivity contribution is 7.10. The number of hydrogen-bond donors (Lipinski definition) is 4. The van der Waals surface area contributed by atoms with Gasteiger partial charge in [0.1, 0.15) is 17.7 Å². The predicted octanol–water partition coefficient (Wildman–Crippen LogP) is 2.79. The molecule has 2 saturated heterocycles. The first-order chi connectivity index (χ1) is 19.6. The lowest BCUT2D eigenvalue weighted by Gasteiger charge is -2.25. The van der Waals surface area contributed by atoms with Gasteiger partial charge in [0.2, 0.25) is 11.8 Å². The molecular formula is C29H30FN5O5S. The third-order valence-corrected chi connectivity index (χ3v) is 8.26. The SMILES string of the molecule is CC(NC(=O)[C@@H]1CC2(CN1C(=O)CNC(=O)c1cccc(-c3ccc(F)cc3)c1)OCCO2)c1cc(C(=N)N)cs1. The fourth-order valence-electron chi connectivity index (χ4n) is 4.99. The molecule has 0 aliphatic carbocycles. The van der Waals surface area contributed by atoms with Gasteiger partial charge in [-0.05, 0) is 48.4 Å². The van der Waals surface area contributed by atoms with Crippen LogP contribution in [-0.4, -0.2) is 66.6 Å². The Hall–Kier alpha value is -4.13. The Kier molecular flexibility index (Phi) is 8.15. The number of benzene rings is 2. The number of carbonyl (C=O) groups is 3. The molecule has 2 aromatic carbocycles. The minimum Gasteiger partial charge on any atom is -0.384 e. The minimum absolute atomic E-state index is 0.0553. The van der Waals surface area contributed by atoms with E-state index < -0.39 is 23.6 Å². The third-order valence-electron chi connectivity index (χ3n) is 7.15. The molecule has 3 heterocycles. The molecule has 2 aliphatic rings. The number of nitrogens with one attached hydrogen (secondary N) is 3. The zero-order valence-corrected chi connectivity index (χ0v) is 23.1. The molecule has 1 unspecified atom stereocenters. The van der Waals surface area contributed by atoms with Crippen LogP contribution in [0.25, 0.3) is 11.1 Å². The lowest BCUT2D eigenvalue weighted by molar-refractivity contribution is -0.152. The maximum Gasteiger partial charge on any atom is 0.251 e. The van der Waals surface area contributed by atoms with Crippen molar-refractivity contribution < 1.29 is 28.2 Å². The van der Waals surface area contributed by atoms with Crippen LogP contribution in [0.5, 0.6) is 0 Å². The van der Waals surface area contributed by atoms with Gasteiger partial charge >= 0.3 is 0 Å². The smallest absolute Gasteiger partial charge is 0.251 e. The van der Waals surface area contributed by atoms with Gasteiger partial charge in [-0.25, -0.2) is 4.39 Å². The van der Waals surface area contributed by atoms with Crippen molar-refractivity contribution in [2.24, 2.45) is 5.73 Å². The topological polar surface area (TPSA) is 147 Å². The van der Waals surface area contributed by atoms with Crippen molar-refractivity contribution in [1.82, 2.24) is 15.5 Å². The Labute approximate surface area is 240 Å².